The van der Waals surface area contributed by atoms with Crippen molar-refractivity contribution in [2.75, 3.05) is 5.75 Å². The SMILES string of the molecule is O=C(O)CSc1nc2ccc(Br)cc2n1Cc1ccco1. The first-order valence-corrected chi connectivity index (χ1v) is 7.94. The number of benzene rings is 1. The number of hydrogen-bond donors (Lipinski definition) is 1. The fourth-order valence-corrected chi connectivity index (χ4v) is 3.10. The van der Waals surface area contributed by atoms with Crippen molar-refractivity contribution < 1.29 is 14.3 Å². The predicted molar refractivity (Wildman–Crippen MR) is 83.6 cm³/mol. The lowest BCUT2D eigenvalue weighted by Gasteiger charge is -2.06. The van der Waals surface area contributed by atoms with E-state index in [1.165, 1.54) is 11.8 Å². The number of thioether (sulfide) groups is 1. The minimum atomic E-state index is -0.863. The van der Waals surface area contributed by atoms with Gasteiger partial charge < -0.3 is 14.1 Å². The van der Waals surface area contributed by atoms with Gasteiger partial charge in [-0.1, -0.05) is 27.7 Å². The molecule has 5 nitrogen and oxygen atoms in total. The van der Waals surface area contributed by atoms with Gasteiger partial charge in [-0.3, -0.25) is 4.79 Å². The molecule has 0 saturated carbocycles. The van der Waals surface area contributed by atoms with Gasteiger partial charge in [0, 0.05) is 4.47 Å². The van der Waals surface area contributed by atoms with Gasteiger partial charge in [-0.2, -0.15) is 0 Å². The Hall–Kier alpha value is -1.73. The van der Waals surface area contributed by atoms with Crippen LogP contribution in [0.2, 0.25) is 0 Å². The minimum Gasteiger partial charge on any atom is -0.481 e. The van der Waals surface area contributed by atoms with Crippen molar-refractivity contribution >= 4 is 44.7 Å². The van der Waals surface area contributed by atoms with Crippen LogP contribution in [0.5, 0.6) is 0 Å². The number of imidazole rings is 1. The molecule has 7 heteroatoms. The molecule has 0 atom stereocenters. The Bertz CT molecular complexity index is 783. The number of carbonyl (C=O) groups is 1. The molecular weight excluding hydrogens is 356 g/mol. The predicted octanol–water partition coefficient (Wildman–Crippen LogP) is 3.62. The van der Waals surface area contributed by atoms with Gasteiger partial charge >= 0.3 is 5.97 Å². The van der Waals surface area contributed by atoms with Crippen LogP contribution in [0.3, 0.4) is 0 Å². The standard InChI is InChI=1S/C14H11BrN2O3S/c15-9-3-4-11-12(6-9)17(7-10-2-1-5-20-10)14(16-11)21-8-13(18)19/h1-6H,7-8H2,(H,18,19). The summed E-state index contributed by atoms with van der Waals surface area (Å²) in [5.74, 6) is -0.0907. The first-order valence-electron chi connectivity index (χ1n) is 6.16. The topological polar surface area (TPSA) is 68.3 Å². The summed E-state index contributed by atoms with van der Waals surface area (Å²) in [7, 11) is 0. The molecule has 0 aliphatic heterocycles. The van der Waals surface area contributed by atoms with E-state index >= 15 is 0 Å². The van der Waals surface area contributed by atoms with E-state index in [1.807, 2.05) is 34.9 Å². The van der Waals surface area contributed by atoms with E-state index in [9.17, 15) is 4.79 Å². The molecule has 0 saturated heterocycles. The third-order valence-corrected chi connectivity index (χ3v) is 4.35. The number of halogens is 1. The molecule has 21 heavy (non-hydrogen) atoms. The second kappa shape index (κ2) is 5.95. The number of hydrogen-bond acceptors (Lipinski definition) is 4. The number of carboxylic acid groups (broad SMARTS) is 1. The van der Waals surface area contributed by atoms with Crippen LogP contribution in [0.1, 0.15) is 5.76 Å². The fraction of sp³-hybridized carbons (Fsp3) is 0.143. The van der Waals surface area contributed by atoms with E-state index in [4.69, 9.17) is 9.52 Å². The van der Waals surface area contributed by atoms with Crippen molar-refractivity contribution in [2.24, 2.45) is 0 Å². The van der Waals surface area contributed by atoms with E-state index in [-0.39, 0.29) is 5.75 Å². The molecule has 2 heterocycles. The van der Waals surface area contributed by atoms with Crippen LogP contribution in [0.25, 0.3) is 11.0 Å². The van der Waals surface area contributed by atoms with Gasteiger partial charge in [-0.25, -0.2) is 4.98 Å². The average molecular weight is 367 g/mol. The minimum absolute atomic E-state index is 0.0252. The van der Waals surface area contributed by atoms with Gasteiger partial charge in [-0.15, -0.1) is 0 Å². The van der Waals surface area contributed by atoms with Gasteiger partial charge in [0.15, 0.2) is 5.16 Å². The zero-order valence-corrected chi connectivity index (χ0v) is 13.2. The Morgan fingerprint density at radius 1 is 1.43 bits per heavy atom. The molecular formula is C14H11BrN2O3S. The summed E-state index contributed by atoms with van der Waals surface area (Å²) in [4.78, 5) is 15.3. The molecule has 1 N–H and O–H groups in total. The second-order valence-corrected chi connectivity index (χ2v) is 6.23. The molecule has 0 bridgehead atoms. The summed E-state index contributed by atoms with van der Waals surface area (Å²) < 4.78 is 8.29. The Kier molecular flexibility index (Phi) is 4.03. The summed E-state index contributed by atoms with van der Waals surface area (Å²) in [6.07, 6.45) is 1.62. The number of fused-ring (bicyclic) bond motifs is 1. The van der Waals surface area contributed by atoms with Crippen molar-refractivity contribution in [2.45, 2.75) is 11.7 Å². The second-order valence-electron chi connectivity index (χ2n) is 4.38. The third kappa shape index (κ3) is 3.14. The largest absolute Gasteiger partial charge is 0.481 e. The lowest BCUT2D eigenvalue weighted by molar-refractivity contribution is -0.133. The van der Waals surface area contributed by atoms with Crippen molar-refractivity contribution in [1.82, 2.24) is 9.55 Å². The number of aliphatic carboxylic acids is 1. The van der Waals surface area contributed by atoms with E-state index in [2.05, 4.69) is 20.9 Å². The number of aromatic nitrogens is 2. The van der Waals surface area contributed by atoms with Crippen LogP contribution in [0.4, 0.5) is 0 Å². The zero-order chi connectivity index (χ0) is 14.8. The quantitative estimate of drug-likeness (QED) is 0.698. The van der Waals surface area contributed by atoms with Crippen molar-refractivity contribution in [1.29, 1.82) is 0 Å². The first kappa shape index (κ1) is 14.2. The lowest BCUT2D eigenvalue weighted by Crippen LogP contribution is -2.04. The van der Waals surface area contributed by atoms with E-state index in [1.54, 1.807) is 6.26 Å². The maximum absolute atomic E-state index is 10.8. The molecule has 0 amide bonds. The highest BCUT2D eigenvalue weighted by Gasteiger charge is 2.14. The number of carboxylic acids is 1. The summed E-state index contributed by atoms with van der Waals surface area (Å²) in [5.41, 5.74) is 1.77. The normalized spacial score (nSPS) is 11.1. The van der Waals surface area contributed by atoms with Gasteiger partial charge in [-0.05, 0) is 30.3 Å². The van der Waals surface area contributed by atoms with Crippen LogP contribution in [0.15, 0.2) is 50.6 Å². The molecule has 0 aliphatic rings. The number of furan rings is 1. The Morgan fingerprint density at radius 3 is 3.00 bits per heavy atom. The summed E-state index contributed by atoms with van der Waals surface area (Å²) in [6, 6.07) is 9.50. The molecule has 2 aromatic heterocycles. The zero-order valence-electron chi connectivity index (χ0n) is 10.8. The van der Waals surface area contributed by atoms with E-state index < -0.39 is 5.97 Å². The van der Waals surface area contributed by atoms with Crippen LogP contribution >= 0.6 is 27.7 Å². The molecule has 0 radical (unpaired) electrons. The summed E-state index contributed by atoms with van der Waals surface area (Å²) >= 11 is 4.65. The maximum atomic E-state index is 10.8. The maximum Gasteiger partial charge on any atom is 0.313 e. The van der Waals surface area contributed by atoms with Gasteiger partial charge in [0.25, 0.3) is 0 Å². The van der Waals surface area contributed by atoms with Crippen LogP contribution in [-0.2, 0) is 11.3 Å². The molecule has 3 aromatic rings. The molecule has 108 valence electrons. The average Bonchev–Trinajstić information content (AvgIpc) is 3.06. The molecule has 0 unspecified atom stereocenters. The van der Waals surface area contributed by atoms with Gasteiger partial charge in [0.2, 0.25) is 0 Å². The highest BCUT2D eigenvalue weighted by molar-refractivity contribution is 9.10. The van der Waals surface area contributed by atoms with Crippen LogP contribution in [-0.4, -0.2) is 26.4 Å². The Balaban J connectivity index is 2.04. The fourth-order valence-electron chi connectivity index (χ4n) is 2.02. The third-order valence-electron chi connectivity index (χ3n) is 2.89. The van der Waals surface area contributed by atoms with E-state index in [0.717, 1.165) is 21.3 Å². The van der Waals surface area contributed by atoms with Crippen molar-refractivity contribution in [3.05, 3.63) is 46.8 Å². The molecule has 1 aromatic carbocycles. The monoisotopic (exact) mass is 366 g/mol. The van der Waals surface area contributed by atoms with Crippen molar-refractivity contribution in [3.63, 3.8) is 0 Å². The summed E-state index contributed by atoms with van der Waals surface area (Å²) in [5, 5.41) is 9.53. The summed E-state index contributed by atoms with van der Waals surface area (Å²) in [6.45, 7) is 0.516. The highest BCUT2D eigenvalue weighted by Crippen LogP contribution is 2.27. The highest BCUT2D eigenvalue weighted by atomic mass is 79.9. The molecule has 3 rings (SSSR count). The molecule has 0 aliphatic carbocycles. The smallest absolute Gasteiger partial charge is 0.313 e. The van der Waals surface area contributed by atoms with Gasteiger partial charge in [0.05, 0.1) is 29.6 Å². The Labute approximate surface area is 133 Å². The molecule has 0 spiro atoms. The Morgan fingerprint density at radius 2 is 2.29 bits per heavy atom. The first-order chi connectivity index (χ1) is 10.1. The van der Waals surface area contributed by atoms with Gasteiger partial charge in [0.1, 0.15) is 5.76 Å². The van der Waals surface area contributed by atoms with E-state index in [0.29, 0.717) is 11.7 Å². The number of nitrogens with zero attached hydrogens (tertiary/aromatic N) is 2. The lowest BCUT2D eigenvalue weighted by atomic mass is 10.3. The van der Waals surface area contributed by atoms with Crippen molar-refractivity contribution in [3.8, 4) is 0 Å². The molecule has 0 fully saturated rings. The van der Waals surface area contributed by atoms with Crippen LogP contribution < -0.4 is 0 Å². The van der Waals surface area contributed by atoms with Crippen LogP contribution in [0, 0.1) is 0 Å². The number of rotatable bonds is 5.